The van der Waals surface area contributed by atoms with Crippen LogP contribution in [0.4, 0.5) is 4.39 Å². The predicted molar refractivity (Wildman–Crippen MR) is 110 cm³/mol. The van der Waals surface area contributed by atoms with E-state index < -0.39 is 17.7 Å². The molecule has 1 unspecified atom stereocenters. The molecule has 0 saturated carbocycles. The number of ether oxygens (including phenoxy) is 2. The second-order valence-electron chi connectivity index (χ2n) is 7.75. The average molecular weight is 412 g/mol. The average Bonchev–Trinajstić information content (AvgIpc) is 2.77. The lowest BCUT2D eigenvalue weighted by molar-refractivity contribution is -0.0319. The Morgan fingerprint density at radius 2 is 1.80 bits per heavy atom. The zero-order chi connectivity index (χ0) is 21.8. The number of alkyl halides is 1. The van der Waals surface area contributed by atoms with E-state index in [1.165, 1.54) is 19.6 Å². The monoisotopic (exact) mass is 412 g/mol. The molecule has 3 heterocycles. The van der Waals surface area contributed by atoms with Crippen LogP contribution in [0.25, 0.3) is 11.3 Å². The first kappa shape index (κ1) is 21.6. The molecule has 0 aromatic carbocycles. The van der Waals surface area contributed by atoms with Crippen LogP contribution in [0.3, 0.4) is 0 Å². The van der Waals surface area contributed by atoms with Crippen LogP contribution in [0.5, 0.6) is 11.6 Å². The maximum Gasteiger partial charge on any atom is 0.222 e. The zero-order valence-electron chi connectivity index (χ0n) is 17.5. The van der Waals surface area contributed by atoms with E-state index in [0.29, 0.717) is 28.6 Å². The summed E-state index contributed by atoms with van der Waals surface area (Å²) in [7, 11) is 1.50. The molecule has 0 radical (unpaired) electrons. The van der Waals surface area contributed by atoms with Crippen LogP contribution in [0.1, 0.15) is 32.0 Å². The van der Waals surface area contributed by atoms with E-state index in [2.05, 4.69) is 19.9 Å². The van der Waals surface area contributed by atoms with Crippen molar-refractivity contribution in [2.75, 3.05) is 20.4 Å². The Hall–Kier alpha value is -3.13. The summed E-state index contributed by atoms with van der Waals surface area (Å²) in [5.74, 6) is 0.790. The normalized spacial score (nSPS) is 13.5. The molecular formula is C22H25FN4O3. The topological polar surface area (TPSA) is 90.3 Å². The molecule has 7 nitrogen and oxygen atoms in total. The van der Waals surface area contributed by atoms with Gasteiger partial charge in [-0.2, -0.15) is 0 Å². The van der Waals surface area contributed by atoms with Crippen LogP contribution in [0, 0.1) is 5.41 Å². The number of rotatable bonds is 7. The van der Waals surface area contributed by atoms with Crippen molar-refractivity contribution in [2.24, 2.45) is 5.41 Å². The molecule has 1 atom stereocenters. The predicted octanol–water partition coefficient (Wildman–Crippen LogP) is 3.57. The SMILES string of the molecule is COc1ncncc1C(O)(c1ccc(-c2ccc(OCCF)cn2)cn1)C(C)(C)C. The Morgan fingerprint density at radius 1 is 1.00 bits per heavy atom. The van der Waals surface area contributed by atoms with Crippen molar-refractivity contribution in [2.45, 2.75) is 26.4 Å². The number of aromatic nitrogens is 4. The lowest BCUT2D eigenvalue weighted by atomic mass is 9.70. The lowest BCUT2D eigenvalue weighted by Gasteiger charge is -2.40. The third-order valence-corrected chi connectivity index (χ3v) is 4.86. The Labute approximate surface area is 175 Å². The van der Waals surface area contributed by atoms with E-state index in [-0.39, 0.29) is 6.61 Å². The van der Waals surface area contributed by atoms with Gasteiger partial charge in [-0.15, -0.1) is 0 Å². The van der Waals surface area contributed by atoms with Crippen LogP contribution in [0.15, 0.2) is 49.2 Å². The maximum absolute atomic E-state index is 12.2. The van der Waals surface area contributed by atoms with Crippen molar-refractivity contribution in [1.82, 2.24) is 19.9 Å². The van der Waals surface area contributed by atoms with E-state index in [9.17, 15) is 9.50 Å². The number of aliphatic hydroxyl groups is 1. The van der Waals surface area contributed by atoms with E-state index in [1.54, 1.807) is 30.6 Å². The molecule has 0 bridgehead atoms. The summed E-state index contributed by atoms with van der Waals surface area (Å²) >= 11 is 0. The third kappa shape index (κ3) is 4.09. The Bertz CT molecular complexity index is 975. The van der Waals surface area contributed by atoms with Crippen LogP contribution in [-0.2, 0) is 5.60 Å². The highest BCUT2D eigenvalue weighted by atomic mass is 19.1. The van der Waals surface area contributed by atoms with Gasteiger partial charge < -0.3 is 14.6 Å². The highest BCUT2D eigenvalue weighted by Gasteiger charge is 2.47. The van der Waals surface area contributed by atoms with Crippen molar-refractivity contribution >= 4 is 0 Å². The van der Waals surface area contributed by atoms with E-state index >= 15 is 0 Å². The largest absolute Gasteiger partial charge is 0.489 e. The first-order valence-corrected chi connectivity index (χ1v) is 9.50. The maximum atomic E-state index is 12.2. The summed E-state index contributed by atoms with van der Waals surface area (Å²) in [6, 6.07) is 7.08. The molecule has 158 valence electrons. The molecule has 3 rings (SSSR count). The van der Waals surface area contributed by atoms with Crippen LogP contribution in [0.2, 0.25) is 0 Å². The summed E-state index contributed by atoms with van der Waals surface area (Å²) in [6.45, 7) is 5.17. The standard InChI is InChI=1S/C22H25FN4O3/c1-21(2,3)22(28,17-13-24-14-27-20(17)29-4)19-8-5-15(11-26-19)18-7-6-16(12-25-18)30-10-9-23/h5-8,11-14,28H,9-10H2,1-4H3. The third-order valence-electron chi connectivity index (χ3n) is 4.86. The smallest absolute Gasteiger partial charge is 0.222 e. The molecule has 3 aromatic heterocycles. The number of pyridine rings is 2. The molecule has 0 amide bonds. The molecule has 3 aromatic rings. The fourth-order valence-corrected chi connectivity index (χ4v) is 3.21. The van der Waals surface area contributed by atoms with Gasteiger partial charge in [0, 0.05) is 23.4 Å². The Balaban J connectivity index is 1.97. The molecule has 0 saturated heterocycles. The first-order chi connectivity index (χ1) is 14.3. The minimum Gasteiger partial charge on any atom is -0.489 e. The van der Waals surface area contributed by atoms with Gasteiger partial charge in [-0.25, -0.2) is 14.4 Å². The fourth-order valence-electron chi connectivity index (χ4n) is 3.21. The summed E-state index contributed by atoms with van der Waals surface area (Å²) in [4.78, 5) is 17.1. The fraction of sp³-hybridized carbons (Fsp3) is 0.364. The highest BCUT2D eigenvalue weighted by Crippen LogP contribution is 2.46. The van der Waals surface area contributed by atoms with Gasteiger partial charge in [0.2, 0.25) is 5.88 Å². The van der Waals surface area contributed by atoms with Crippen molar-refractivity contribution in [3.05, 3.63) is 60.4 Å². The molecule has 0 spiro atoms. The molecule has 0 fully saturated rings. The van der Waals surface area contributed by atoms with E-state index in [0.717, 1.165) is 5.56 Å². The molecule has 0 aliphatic carbocycles. The molecule has 30 heavy (non-hydrogen) atoms. The van der Waals surface area contributed by atoms with Gasteiger partial charge in [0.15, 0.2) is 0 Å². The summed E-state index contributed by atoms with van der Waals surface area (Å²) in [5, 5.41) is 11.8. The van der Waals surface area contributed by atoms with Crippen molar-refractivity contribution in [1.29, 1.82) is 0 Å². The van der Waals surface area contributed by atoms with Gasteiger partial charge in [-0.05, 0) is 24.3 Å². The molecule has 1 N–H and O–H groups in total. The lowest BCUT2D eigenvalue weighted by Crippen LogP contribution is -2.42. The number of hydrogen-bond donors (Lipinski definition) is 1. The molecule has 8 heteroatoms. The highest BCUT2D eigenvalue weighted by molar-refractivity contribution is 5.58. The second kappa shape index (κ2) is 8.71. The van der Waals surface area contributed by atoms with Crippen molar-refractivity contribution in [3.8, 4) is 22.9 Å². The van der Waals surface area contributed by atoms with Crippen LogP contribution < -0.4 is 9.47 Å². The minimum absolute atomic E-state index is 0.00464. The Morgan fingerprint density at radius 3 is 2.37 bits per heavy atom. The molecule has 0 aliphatic rings. The van der Waals surface area contributed by atoms with Crippen molar-refractivity contribution < 1.29 is 19.0 Å². The molecular weight excluding hydrogens is 387 g/mol. The quantitative estimate of drug-likeness (QED) is 0.634. The van der Waals surface area contributed by atoms with Gasteiger partial charge in [-0.3, -0.25) is 9.97 Å². The Kier molecular flexibility index (Phi) is 6.26. The van der Waals surface area contributed by atoms with Gasteiger partial charge in [-0.1, -0.05) is 20.8 Å². The number of hydrogen-bond acceptors (Lipinski definition) is 7. The summed E-state index contributed by atoms with van der Waals surface area (Å²) < 4.78 is 22.8. The number of halogens is 1. The second-order valence-corrected chi connectivity index (χ2v) is 7.75. The van der Waals surface area contributed by atoms with E-state index in [4.69, 9.17) is 9.47 Å². The van der Waals surface area contributed by atoms with Crippen LogP contribution >= 0.6 is 0 Å². The van der Waals surface area contributed by atoms with Gasteiger partial charge >= 0.3 is 0 Å². The number of methoxy groups -OCH3 is 1. The van der Waals surface area contributed by atoms with Gasteiger partial charge in [0.05, 0.1) is 30.3 Å². The molecule has 0 aliphatic heterocycles. The number of nitrogens with zero attached hydrogens (tertiary/aromatic N) is 4. The minimum atomic E-state index is -1.49. The van der Waals surface area contributed by atoms with Crippen LogP contribution in [-0.4, -0.2) is 45.4 Å². The summed E-state index contributed by atoms with van der Waals surface area (Å²) in [6.07, 6.45) is 6.10. The van der Waals surface area contributed by atoms with E-state index in [1.807, 2.05) is 26.8 Å². The van der Waals surface area contributed by atoms with Gasteiger partial charge in [0.25, 0.3) is 0 Å². The summed E-state index contributed by atoms with van der Waals surface area (Å²) in [5.41, 5.74) is 0.204. The zero-order valence-corrected chi connectivity index (χ0v) is 17.5. The van der Waals surface area contributed by atoms with Crippen molar-refractivity contribution in [3.63, 3.8) is 0 Å². The first-order valence-electron chi connectivity index (χ1n) is 9.50. The van der Waals surface area contributed by atoms with Gasteiger partial charge in [0.1, 0.15) is 31.0 Å².